The summed E-state index contributed by atoms with van der Waals surface area (Å²) >= 11 is 0. The van der Waals surface area contributed by atoms with Crippen LogP contribution in [0.5, 0.6) is 0 Å². The molecule has 2 aromatic rings. The summed E-state index contributed by atoms with van der Waals surface area (Å²) in [6.45, 7) is 10.2. The van der Waals surface area contributed by atoms with Gasteiger partial charge in [0, 0.05) is 24.3 Å². The Labute approximate surface area is 136 Å². The predicted molar refractivity (Wildman–Crippen MR) is 86.3 cm³/mol. The van der Waals surface area contributed by atoms with Crippen LogP contribution in [-0.2, 0) is 6.54 Å². The van der Waals surface area contributed by atoms with E-state index in [-0.39, 0.29) is 5.91 Å². The smallest absolute Gasteiger partial charge is 0.276 e. The lowest BCUT2D eigenvalue weighted by molar-refractivity contribution is 0.0685. The Kier molecular flexibility index (Phi) is 4.24. The summed E-state index contributed by atoms with van der Waals surface area (Å²) < 4.78 is 7.20. The lowest BCUT2D eigenvalue weighted by Crippen LogP contribution is -2.38. The SMILES string of the molecule is Cc1cc(C)n(Cc2c(C(=O)N3CCC(C)CC3)noc2C)n1. The van der Waals surface area contributed by atoms with E-state index in [1.165, 1.54) is 0 Å². The molecule has 0 saturated carbocycles. The van der Waals surface area contributed by atoms with E-state index in [1.807, 2.05) is 36.4 Å². The van der Waals surface area contributed by atoms with Gasteiger partial charge in [-0.2, -0.15) is 5.10 Å². The monoisotopic (exact) mass is 316 g/mol. The zero-order valence-corrected chi connectivity index (χ0v) is 14.3. The molecular weight excluding hydrogens is 292 g/mol. The van der Waals surface area contributed by atoms with Crippen molar-refractivity contribution < 1.29 is 9.32 Å². The van der Waals surface area contributed by atoms with E-state index in [1.54, 1.807) is 0 Å². The van der Waals surface area contributed by atoms with Crippen LogP contribution in [-0.4, -0.2) is 38.8 Å². The highest BCUT2D eigenvalue weighted by atomic mass is 16.5. The molecule has 124 valence electrons. The summed E-state index contributed by atoms with van der Waals surface area (Å²) in [5.41, 5.74) is 3.30. The minimum Gasteiger partial charge on any atom is -0.361 e. The number of nitrogens with zero attached hydrogens (tertiary/aromatic N) is 4. The van der Waals surface area contributed by atoms with Gasteiger partial charge in [-0.05, 0) is 45.6 Å². The van der Waals surface area contributed by atoms with Gasteiger partial charge in [0.15, 0.2) is 5.69 Å². The predicted octanol–water partition coefficient (Wildman–Crippen LogP) is 2.72. The lowest BCUT2D eigenvalue weighted by atomic mass is 9.99. The van der Waals surface area contributed by atoms with Crippen molar-refractivity contribution in [1.82, 2.24) is 19.8 Å². The first-order valence-electron chi connectivity index (χ1n) is 8.21. The average Bonchev–Trinajstić information content (AvgIpc) is 3.03. The molecule has 1 amide bonds. The molecule has 6 nitrogen and oxygen atoms in total. The zero-order valence-electron chi connectivity index (χ0n) is 14.3. The number of rotatable bonds is 3. The Bertz CT molecular complexity index is 708. The lowest BCUT2D eigenvalue weighted by Gasteiger charge is -2.29. The van der Waals surface area contributed by atoms with Gasteiger partial charge in [-0.3, -0.25) is 9.48 Å². The average molecular weight is 316 g/mol. The molecule has 0 atom stereocenters. The van der Waals surface area contributed by atoms with E-state index in [0.717, 1.165) is 42.9 Å². The van der Waals surface area contributed by atoms with Gasteiger partial charge in [-0.15, -0.1) is 0 Å². The highest BCUT2D eigenvalue weighted by Gasteiger charge is 2.27. The van der Waals surface area contributed by atoms with Gasteiger partial charge in [-0.1, -0.05) is 12.1 Å². The normalized spacial score (nSPS) is 16.1. The first-order chi connectivity index (χ1) is 11.0. The first kappa shape index (κ1) is 15.8. The summed E-state index contributed by atoms with van der Waals surface area (Å²) in [6, 6.07) is 2.02. The van der Waals surface area contributed by atoms with E-state index in [0.29, 0.717) is 23.9 Å². The number of aromatic nitrogens is 3. The number of hydrogen-bond donors (Lipinski definition) is 0. The molecule has 1 fully saturated rings. The Morgan fingerprint density at radius 3 is 2.61 bits per heavy atom. The molecule has 0 aromatic carbocycles. The molecule has 6 heteroatoms. The van der Waals surface area contributed by atoms with Gasteiger partial charge >= 0.3 is 0 Å². The number of amides is 1. The van der Waals surface area contributed by atoms with Crippen LogP contribution in [0.2, 0.25) is 0 Å². The van der Waals surface area contributed by atoms with Crippen molar-refractivity contribution in [3.63, 3.8) is 0 Å². The first-order valence-corrected chi connectivity index (χ1v) is 8.21. The topological polar surface area (TPSA) is 64.2 Å². The van der Waals surface area contributed by atoms with Gasteiger partial charge in [0.1, 0.15) is 5.76 Å². The number of carbonyl (C=O) groups is 1. The number of piperidine rings is 1. The minimum atomic E-state index is -0.0229. The second-order valence-corrected chi connectivity index (χ2v) is 6.63. The molecule has 0 spiro atoms. The van der Waals surface area contributed by atoms with Crippen molar-refractivity contribution in [2.75, 3.05) is 13.1 Å². The molecular formula is C17H24N4O2. The Morgan fingerprint density at radius 2 is 2.00 bits per heavy atom. The number of likely N-dealkylation sites (tertiary alicyclic amines) is 1. The van der Waals surface area contributed by atoms with Crippen molar-refractivity contribution in [2.24, 2.45) is 5.92 Å². The van der Waals surface area contributed by atoms with Crippen molar-refractivity contribution in [1.29, 1.82) is 0 Å². The molecule has 1 aliphatic heterocycles. The molecule has 0 aliphatic carbocycles. The van der Waals surface area contributed by atoms with Crippen LogP contribution < -0.4 is 0 Å². The number of hydrogen-bond acceptors (Lipinski definition) is 4. The van der Waals surface area contributed by atoms with E-state index >= 15 is 0 Å². The maximum Gasteiger partial charge on any atom is 0.276 e. The third kappa shape index (κ3) is 3.16. The van der Waals surface area contributed by atoms with E-state index < -0.39 is 0 Å². The van der Waals surface area contributed by atoms with Crippen LogP contribution in [0.25, 0.3) is 0 Å². The van der Waals surface area contributed by atoms with Crippen molar-refractivity contribution in [3.8, 4) is 0 Å². The van der Waals surface area contributed by atoms with Crippen molar-refractivity contribution in [2.45, 2.75) is 47.1 Å². The number of carbonyl (C=O) groups excluding carboxylic acids is 1. The van der Waals surface area contributed by atoms with E-state index in [2.05, 4.69) is 17.2 Å². The molecule has 3 heterocycles. The molecule has 23 heavy (non-hydrogen) atoms. The Hall–Kier alpha value is -2.11. The summed E-state index contributed by atoms with van der Waals surface area (Å²) in [4.78, 5) is 14.7. The zero-order chi connectivity index (χ0) is 16.6. The third-order valence-corrected chi connectivity index (χ3v) is 4.67. The van der Waals surface area contributed by atoms with Crippen LogP contribution in [0, 0.1) is 26.7 Å². The molecule has 0 unspecified atom stereocenters. The van der Waals surface area contributed by atoms with Crippen LogP contribution in [0.4, 0.5) is 0 Å². The molecule has 0 bridgehead atoms. The maximum atomic E-state index is 12.8. The van der Waals surface area contributed by atoms with Crippen LogP contribution in [0.3, 0.4) is 0 Å². The summed E-state index contributed by atoms with van der Waals surface area (Å²) in [7, 11) is 0. The molecule has 2 aromatic heterocycles. The third-order valence-electron chi connectivity index (χ3n) is 4.67. The van der Waals surface area contributed by atoms with Gasteiger partial charge in [0.2, 0.25) is 0 Å². The Morgan fingerprint density at radius 1 is 1.30 bits per heavy atom. The number of aryl methyl sites for hydroxylation is 3. The van der Waals surface area contributed by atoms with E-state index in [4.69, 9.17) is 4.52 Å². The highest BCUT2D eigenvalue weighted by Crippen LogP contribution is 2.22. The van der Waals surface area contributed by atoms with Gasteiger partial charge in [0.05, 0.1) is 12.2 Å². The minimum absolute atomic E-state index is 0.0229. The highest BCUT2D eigenvalue weighted by molar-refractivity contribution is 5.93. The van der Waals surface area contributed by atoms with Gasteiger partial charge in [-0.25, -0.2) is 0 Å². The fourth-order valence-electron chi connectivity index (χ4n) is 3.09. The second-order valence-electron chi connectivity index (χ2n) is 6.63. The van der Waals surface area contributed by atoms with Crippen LogP contribution in [0.15, 0.2) is 10.6 Å². The van der Waals surface area contributed by atoms with Crippen molar-refractivity contribution >= 4 is 5.91 Å². The second kappa shape index (κ2) is 6.18. The molecule has 1 aliphatic rings. The Balaban J connectivity index is 1.83. The van der Waals surface area contributed by atoms with Gasteiger partial charge < -0.3 is 9.42 Å². The van der Waals surface area contributed by atoms with Crippen LogP contribution >= 0.6 is 0 Å². The fraction of sp³-hybridized carbons (Fsp3) is 0.588. The van der Waals surface area contributed by atoms with E-state index in [9.17, 15) is 4.79 Å². The largest absolute Gasteiger partial charge is 0.361 e. The standard InChI is InChI=1S/C17H24N4O2/c1-11-5-7-20(8-6-11)17(22)16-15(14(4)23-19-16)10-21-13(3)9-12(2)18-21/h9,11H,5-8,10H2,1-4H3. The summed E-state index contributed by atoms with van der Waals surface area (Å²) in [5, 5.41) is 8.51. The maximum absolute atomic E-state index is 12.8. The molecule has 1 saturated heterocycles. The molecule has 3 rings (SSSR count). The van der Waals surface area contributed by atoms with Gasteiger partial charge in [0.25, 0.3) is 5.91 Å². The molecule has 0 radical (unpaired) electrons. The quantitative estimate of drug-likeness (QED) is 0.873. The molecule has 0 N–H and O–H groups in total. The summed E-state index contributed by atoms with van der Waals surface area (Å²) in [6.07, 6.45) is 2.10. The van der Waals surface area contributed by atoms with Crippen molar-refractivity contribution in [3.05, 3.63) is 34.5 Å². The van der Waals surface area contributed by atoms with Crippen LogP contribution in [0.1, 0.15) is 53.0 Å². The summed E-state index contributed by atoms with van der Waals surface area (Å²) in [5.74, 6) is 1.35. The fourth-order valence-corrected chi connectivity index (χ4v) is 3.09.